The number of thiocarbonyl (C=S) groups is 1. The van der Waals surface area contributed by atoms with E-state index in [4.69, 9.17) is 23.8 Å². The van der Waals surface area contributed by atoms with Gasteiger partial charge in [-0.3, -0.25) is 4.98 Å². The molecule has 0 spiro atoms. The molecule has 2 atom stereocenters. The molecule has 1 aliphatic heterocycles. The van der Waals surface area contributed by atoms with Crippen molar-refractivity contribution in [2.45, 2.75) is 12.1 Å². The highest BCUT2D eigenvalue weighted by atomic mass is 79.9. The molecule has 1 saturated heterocycles. The summed E-state index contributed by atoms with van der Waals surface area (Å²) in [4.78, 5) is 6.79. The molecular weight excluding hydrogens is 492 g/mol. The van der Waals surface area contributed by atoms with Gasteiger partial charge in [-0.2, -0.15) is 0 Å². The topological polar surface area (TPSA) is 33.1 Å². The van der Waals surface area contributed by atoms with Crippen molar-refractivity contribution < 1.29 is 0 Å². The summed E-state index contributed by atoms with van der Waals surface area (Å²) < 4.78 is 3.18. The van der Waals surface area contributed by atoms with E-state index in [-0.39, 0.29) is 12.1 Å². The van der Waals surface area contributed by atoms with Crippen molar-refractivity contribution in [2.75, 3.05) is 4.90 Å². The molecule has 3 heterocycles. The SMILES string of the molecule is S=C1N[C@@H](c2ccccn2)[C@H](c2cccn2-c2cccc(Cl)c2)N1c1ccc(Br)cc1. The standard InChI is InChI=1S/C24H18BrClN4S/c25-16-9-11-18(12-10-16)30-23(22(28-24(30)31)20-7-1-2-13-27-20)21-8-4-14-29(21)19-6-3-5-17(26)15-19/h1-15,22-23H,(H,28,31)/t22-,23-/m0/s1. The van der Waals surface area contributed by atoms with Gasteiger partial charge in [0.15, 0.2) is 5.11 Å². The van der Waals surface area contributed by atoms with Crippen LogP contribution >= 0.6 is 39.7 Å². The largest absolute Gasteiger partial charge is 0.351 e. The van der Waals surface area contributed by atoms with E-state index in [1.54, 1.807) is 0 Å². The Morgan fingerprint density at radius 1 is 0.935 bits per heavy atom. The van der Waals surface area contributed by atoms with E-state index in [9.17, 15) is 0 Å². The lowest BCUT2D eigenvalue weighted by atomic mass is 10.0. The van der Waals surface area contributed by atoms with Crippen molar-refractivity contribution in [3.05, 3.63) is 112 Å². The van der Waals surface area contributed by atoms with Gasteiger partial charge in [0, 0.05) is 39.0 Å². The molecule has 5 rings (SSSR count). The van der Waals surface area contributed by atoms with Gasteiger partial charge in [0.25, 0.3) is 0 Å². The molecule has 1 aliphatic rings. The summed E-state index contributed by atoms with van der Waals surface area (Å²) in [5, 5.41) is 4.87. The second kappa shape index (κ2) is 8.46. The minimum absolute atomic E-state index is 0.0995. The minimum atomic E-state index is -0.106. The zero-order valence-electron chi connectivity index (χ0n) is 16.3. The van der Waals surface area contributed by atoms with Crippen LogP contribution < -0.4 is 10.2 Å². The highest BCUT2D eigenvalue weighted by Gasteiger charge is 2.42. The number of nitrogens with zero attached hydrogens (tertiary/aromatic N) is 3. The van der Waals surface area contributed by atoms with Crippen LogP contribution in [-0.4, -0.2) is 14.7 Å². The normalized spacial score (nSPS) is 18.3. The first kappa shape index (κ1) is 20.2. The third-order valence-electron chi connectivity index (χ3n) is 5.37. The number of pyridine rings is 1. The molecule has 0 unspecified atom stereocenters. The Morgan fingerprint density at radius 3 is 2.52 bits per heavy atom. The van der Waals surface area contributed by atoms with Gasteiger partial charge >= 0.3 is 0 Å². The van der Waals surface area contributed by atoms with Crippen LogP contribution in [0.3, 0.4) is 0 Å². The van der Waals surface area contributed by atoms with Gasteiger partial charge in [-0.15, -0.1) is 0 Å². The van der Waals surface area contributed by atoms with Crippen molar-refractivity contribution >= 4 is 50.5 Å². The summed E-state index contributed by atoms with van der Waals surface area (Å²) in [6, 6.07) is 26.0. The van der Waals surface area contributed by atoms with Crippen molar-refractivity contribution in [1.29, 1.82) is 0 Å². The Balaban J connectivity index is 1.67. The molecule has 0 aliphatic carbocycles. The fraction of sp³-hybridized carbons (Fsp3) is 0.0833. The summed E-state index contributed by atoms with van der Waals surface area (Å²) in [7, 11) is 0. The molecule has 4 nitrogen and oxygen atoms in total. The maximum atomic E-state index is 6.29. The Hall–Kier alpha value is -2.67. The smallest absolute Gasteiger partial charge is 0.174 e. The van der Waals surface area contributed by atoms with Gasteiger partial charge in [-0.25, -0.2) is 0 Å². The molecule has 0 radical (unpaired) electrons. The van der Waals surface area contributed by atoms with Crippen LogP contribution in [-0.2, 0) is 0 Å². The number of nitrogens with one attached hydrogen (secondary N) is 1. The van der Waals surface area contributed by atoms with E-state index in [0.29, 0.717) is 10.1 Å². The second-order valence-corrected chi connectivity index (χ2v) is 8.99. The van der Waals surface area contributed by atoms with Crippen LogP contribution in [0.15, 0.2) is 95.7 Å². The Labute approximate surface area is 199 Å². The highest BCUT2D eigenvalue weighted by molar-refractivity contribution is 9.10. The summed E-state index contributed by atoms with van der Waals surface area (Å²) in [6.07, 6.45) is 3.87. The van der Waals surface area contributed by atoms with Crippen molar-refractivity contribution in [2.24, 2.45) is 0 Å². The third kappa shape index (κ3) is 3.87. The molecular formula is C24H18BrClN4S. The van der Waals surface area contributed by atoms with Crippen molar-refractivity contribution in [3.63, 3.8) is 0 Å². The fourth-order valence-corrected chi connectivity index (χ4v) is 4.83. The monoisotopic (exact) mass is 508 g/mol. The summed E-state index contributed by atoms with van der Waals surface area (Å²) in [5.74, 6) is 0. The molecule has 0 saturated carbocycles. The van der Waals surface area contributed by atoms with Crippen molar-refractivity contribution in [1.82, 2.24) is 14.9 Å². The average molecular weight is 510 g/mol. The Kier molecular flexibility index (Phi) is 5.52. The third-order valence-corrected chi connectivity index (χ3v) is 6.45. The quantitative estimate of drug-likeness (QED) is 0.320. The zero-order chi connectivity index (χ0) is 21.4. The highest BCUT2D eigenvalue weighted by Crippen LogP contribution is 2.42. The van der Waals surface area contributed by atoms with Gasteiger partial charge in [0.05, 0.1) is 11.7 Å². The lowest BCUT2D eigenvalue weighted by Gasteiger charge is -2.29. The molecule has 1 fully saturated rings. The lowest BCUT2D eigenvalue weighted by molar-refractivity contribution is 0.549. The number of halogens is 2. The van der Waals surface area contributed by atoms with E-state index in [0.717, 1.165) is 27.2 Å². The van der Waals surface area contributed by atoms with Crippen LogP contribution in [0.2, 0.25) is 5.02 Å². The second-order valence-electron chi connectivity index (χ2n) is 7.26. The number of aromatic nitrogens is 2. The van der Waals surface area contributed by atoms with Crippen LogP contribution in [0.1, 0.15) is 23.5 Å². The summed E-state index contributed by atoms with van der Waals surface area (Å²) in [6.45, 7) is 0. The maximum absolute atomic E-state index is 6.29. The van der Waals surface area contributed by atoms with E-state index >= 15 is 0 Å². The van der Waals surface area contributed by atoms with Gasteiger partial charge < -0.3 is 14.8 Å². The molecule has 4 aromatic rings. The number of rotatable bonds is 4. The van der Waals surface area contributed by atoms with Crippen LogP contribution in [0.4, 0.5) is 5.69 Å². The van der Waals surface area contributed by atoms with E-state index in [1.807, 2.05) is 60.8 Å². The molecule has 2 aromatic carbocycles. The number of hydrogen-bond donors (Lipinski definition) is 1. The molecule has 2 aromatic heterocycles. The van der Waals surface area contributed by atoms with Gasteiger partial charge in [0.1, 0.15) is 6.04 Å². The summed E-state index contributed by atoms with van der Waals surface area (Å²) in [5.41, 5.74) is 4.05. The average Bonchev–Trinajstić information content (AvgIpc) is 3.39. The van der Waals surface area contributed by atoms with E-state index < -0.39 is 0 Å². The fourth-order valence-electron chi connectivity index (χ4n) is 4.03. The van der Waals surface area contributed by atoms with E-state index in [2.05, 4.69) is 66.2 Å². The Morgan fingerprint density at radius 2 is 1.77 bits per heavy atom. The first-order chi connectivity index (χ1) is 15.1. The van der Waals surface area contributed by atoms with Gasteiger partial charge in [0.2, 0.25) is 0 Å². The first-order valence-corrected chi connectivity index (χ1v) is 11.4. The minimum Gasteiger partial charge on any atom is -0.351 e. The first-order valence-electron chi connectivity index (χ1n) is 9.81. The predicted octanol–water partition coefficient (Wildman–Crippen LogP) is 6.47. The lowest BCUT2D eigenvalue weighted by Crippen LogP contribution is -2.30. The number of anilines is 1. The summed E-state index contributed by atoms with van der Waals surface area (Å²) >= 11 is 15.6. The van der Waals surface area contributed by atoms with Crippen LogP contribution in [0.25, 0.3) is 5.69 Å². The van der Waals surface area contributed by atoms with E-state index in [1.165, 1.54) is 0 Å². The number of hydrogen-bond acceptors (Lipinski definition) is 2. The van der Waals surface area contributed by atoms with Crippen molar-refractivity contribution in [3.8, 4) is 5.69 Å². The maximum Gasteiger partial charge on any atom is 0.174 e. The predicted molar refractivity (Wildman–Crippen MR) is 133 cm³/mol. The van der Waals surface area contributed by atoms with Crippen LogP contribution in [0, 0.1) is 0 Å². The molecule has 154 valence electrons. The van der Waals surface area contributed by atoms with Gasteiger partial charge in [-0.1, -0.05) is 39.7 Å². The molecule has 7 heteroatoms. The molecule has 1 N–H and O–H groups in total. The molecule has 0 bridgehead atoms. The Bertz CT molecular complexity index is 1230. The molecule has 31 heavy (non-hydrogen) atoms. The molecule has 0 amide bonds. The number of benzene rings is 2. The van der Waals surface area contributed by atoms with Crippen LogP contribution in [0.5, 0.6) is 0 Å². The zero-order valence-corrected chi connectivity index (χ0v) is 19.5. The van der Waals surface area contributed by atoms with Gasteiger partial charge in [-0.05, 0) is 78.9 Å².